The number of nitrogens with zero attached hydrogens (tertiary/aromatic N) is 2. The molecule has 0 saturated carbocycles. The molecule has 0 saturated heterocycles. The van der Waals surface area contributed by atoms with Gasteiger partial charge in [0.15, 0.2) is 0 Å². The molecule has 1 aromatic carbocycles. The summed E-state index contributed by atoms with van der Waals surface area (Å²) in [6.07, 6.45) is 0.796. The predicted molar refractivity (Wildman–Crippen MR) is 67.8 cm³/mol. The molecule has 0 aliphatic carbocycles. The van der Waals surface area contributed by atoms with E-state index in [0.29, 0.717) is 29.4 Å². The maximum absolute atomic E-state index is 10.2. The van der Waals surface area contributed by atoms with E-state index in [9.17, 15) is 5.11 Å². The number of hydrogen-bond donors (Lipinski definition) is 1. The van der Waals surface area contributed by atoms with E-state index in [4.69, 9.17) is 9.47 Å². The van der Waals surface area contributed by atoms with Gasteiger partial charge in [-0.15, -0.1) is 5.10 Å². The van der Waals surface area contributed by atoms with Crippen LogP contribution in [0.1, 0.15) is 16.5 Å². The normalized spacial score (nSPS) is 12.3. The van der Waals surface area contributed by atoms with E-state index in [0.717, 1.165) is 0 Å². The van der Waals surface area contributed by atoms with Crippen LogP contribution in [0.15, 0.2) is 30.5 Å². The zero-order chi connectivity index (χ0) is 12.8. The number of methoxy groups -OCH3 is 1. The van der Waals surface area contributed by atoms with Gasteiger partial charge >= 0.3 is 0 Å². The molecule has 96 valence electrons. The molecule has 0 bridgehead atoms. The van der Waals surface area contributed by atoms with Crippen LogP contribution in [0.3, 0.4) is 0 Å². The Morgan fingerprint density at radius 2 is 2.17 bits per heavy atom. The van der Waals surface area contributed by atoms with Crippen molar-refractivity contribution in [1.82, 2.24) is 9.59 Å². The smallest absolute Gasteiger partial charge is 0.125 e. The number of aromatic nitrogens is 2. The van der Waals surface area contributed by atoms with Gasteiger partial charge in [0.2, 0.25) is 0 Å². The van der Waals surface area contributed by atoms with E-state index in [-0.39, 0.29) is 0 Å². The van der Waals surface area contributed by atoms with Gasteiger partial charge in [-0.1, -0.05) is 22.7 Å². The third kappa shape index (κ3) is 3.04. The number of hydrogen-bond acceptors (Lipinski definition) is 6. The summed E-state index contributed by atoms with van der Waals surface area (Å²) in [5, 5.41) is 14.0. The maximum Gasteiger partial charge on any atom is 0.125 e. The van der Waals surface area contributed by atoms with Gasteiger partial charge in [-0.2, -0.15) is 0 Å². The summed E-state index contributed by atoms with van der Waals surface area (Å²) in [4.78, 5) is 0.692. The van der Waals surface area contributed by atoms with Crippen molar-refractivity contribution in [3.05, 3.63) is 40.9 Å². The van der Waals surface area contributed by atoms with Crippen LogP contribution in [0.2, 0.25) is 0 Å². The van der Waals surface area contributed by atoms with Gasteiger partial charge in [-0.3, -0.25) is 0 Å². The summed E-state index contributed by atoms with van der Waals surface area (Å²) in [6.45, 7) is 0.952. The Balaban J connectivity index is 2.16. The second-order valence-electron chi connectivity index (χ2n) is 3.60. The lowest BCUT2D eigenvalue weighted by molar-refractivity contribution is 0.142. The van der Waals surface area contributed by atoms with Crippen molar-refractivity contribution in [3.8, 4) is 5.75 Å². The first-order chi connectivity index (χ1) is 8.83. The second kappa shape index (κ2) is 6.44. The molecule has 0 aliphatic rings. The van der Waals surface area contributed by atoms with Crippen LogP contribution in [0, 0.1) is 0 Å². The van der Waals surface area contributed by atoms with Crippen LogP contribution < -0.4 is 4.74 Å². The molecule has 0 radical (unpaired) electrons. The molecular weight excluding hydrogens is 252 g/mol. The number of ether oxygens (including phenoxy) is 2. The highest BCUT2D eigenvalue weighted by molar-refractivity contribution is 7.05. The van der Waals surface area contributed by atoms with Crippen LogP contribution in [0.4, 0.5) is 0 Å². The number of aliphatic hydroxyl groups is 1. The molecule has 18 heavy (non-hydrogen) atoms. The average Bonchev–Trinajstić information content (AvgIpc) is 2.93. The standard InChI is InChI=1S/C12H14N2O3S/c1-16-6-7-17-10-5-3-2-4-9(10)12(15)11-8-13-14-18-11/h2-5,8,12,15H,6-7H2,1H3. The number of para-hydroxylation sites is 1. The quantitative estimate of drug-likeness (QED) is 0.805. The summed E-state index contributed by atoms with van der Waals surface area (Å²) in [5.41, 5.74) is 0.708. The predicted octanol–water partition coefficient (Wildman–Crippen LogP) is 1.65. The first-order valence-corrected chi connectivity index (χ1v) is 6.26. The van der Waals surface area contributed by atoms with Crippen LogP contribution in [0.25, 0.3) is 0 Å². The van der Waals surface area contributed by atoms with Crippen molar-refractivity contribution in [2.24, 2.45) is 0 Å². The Bertz CT molecular complexity index is 476. The molecule has 0 amide bonds. The molecule has 2 aromatic rings. The number of benzene rings is 1. The minimum atomic E-state index is -0.760. The third-order valence-electron chi connectivity index (χ3n) is 2.41. The number of rotatable bonds is 6. The fourth-order valence-electron chi connectivity index (χ4n) is 1.52. The highest BCUT2D eigenvalue weighted by Crippen LogP contribution is 2.30. The van der Waals surface area contributed by atoms with Gasteiger partial charge in [0.25, 0.3) is 0 Å². The summed E-state index contributed by atoms with van der Waals surface area (Å²) in [6, 6.07) is 7.37. The molecular formula is C12H14N2O3S. The summed E-state index contributed by atoms with van der Waals surface area (Å²) < 4.78 is 14.3. The molecule has 0 spiro atoms. The molecule has 1 unspecified atom stereocenters. The van der Waals surface area contributed by atoms with E-state index in [2.05, 4.69) is 9.59 Å². The number of aliphatic hydroxyl groups excluding tert-OH is 1. The first-order valence-electron chi connectivity index (χ1n) is 5.49. The fourth-order valence-corrected chi connectivity index (χ4v) is 2.03. The van der Waals surface area contributed by atoms with Crippen LogP contribution in [-0.2, 0) is 4.74 Å². The zero-order valence-corrected chi connectivity index (χ0v) is 10.8. The minimum absolute atomic E-state index is 0.446. The molecule has 2 rings (SSSR count). The molecule has 6 heteroatoms. The fraction of sp³-hybridized carbons (Fsp3) is 0.333. The average molecular weight is 266 g/mol. The molecule has 1 heterocycles. The van der Waals surface area contributed by atoms with Crippen LogP contribution in [-0.4, -0.2) is 35.0 Å². The van der Waals surface area contributed by atoms with Gasteiger partial charge in [0.05, 0.1) is 17.7 Å². The van der Waals surface area contributed by atoms with Crippen molar-refractivity contribution in [1.29, 1.82) is 0 Å². The lowest BCUT2D eigenvalue weighted by atomic mass is 10.1. The lowest BCUT2D eigenvalue weighted by Crippen LogP contribution is -2.07. The molecule has 1 aromatic heterocycles. The van der Waals surface area contributed by atoms with Crippen LogP contribution >= 0.6 is 11.5 Å². The Hall–Kier alpha value is -1.50. The Kier molecular flexibility index (Phi) is 4.63. The lowest BCUT2D eigenvalue weighted by Gasteiger charge is -2.14. The van der Waals surface area contributed by atoms with Crippen molar-refractivity contribution in [2.45, 2.75) is 6.10 Å². The topological polar surface area (TPSA) is 64.5 Å². The minimum Gasteiger partial charge on any atom is -0.491 e. The largest absolute Gasteiger partial charge is 0.491 e. The monoisotopic (exact) mass is 266 g/mol. The molecule has 1 N–H and O–H groups in total. The van der Waals surface area contributed by atoms with Crippen molar-refractivity contribution in [3.63, 3.8) is 0 Å². The van der Waals surface area contributed by atoms with Gasteiger partial charge in [-0.25, -0.2) is 0 Å². The van der Waals surface area contributed by atoms with Gasteiger partial charge in [-0.05, 0) is 17.6 Å². The van der Waals surface area contributed by atoms with Gasteiger partial charge in [0.1, 0.15) is 18.5 Å². The first kappa shape index (κ1) is 12.9. The van der Waals surface area contributed by atoms with Gasteiger partial charge < -0.3 is 14.6 Å². The van der Waals surface area contributed by atoms with Gasteiger partial charge in [0, 0.05) is 12.7 Å². The Labute approximate surface area is 109 Å². The highest BCUT2D eigenvalue weighted by atomic mass is 32.1. The van der Waals surface area contributed by atoms with Crippen molar-refractivity contribution < 1.29 is 14.6 Å². The van der Waals surface area contributed by atoms with Crippen molar-refractivity contribution in [2.75, 3.05) is 20.3 Å². The highest BCUT2D eigenvalue weighted by Gasteiger charge is 2.17. The van der Waals surface area contributed by atoms with E-state index >= 15 is 0 Å². The zero-order valence-electron chi connectivity index (χ0n) is 9.94. The summed E-state index contributed by atoms with van der Waals surface area (Å²) in [5.74, 6) is 0.649. The van der Waals surface area contributed by atoms with E-state index in [1.165, 1.54) is 11.5 Å². The van der Waals surface area contributed by atoms with E-state index in [1.54, 1.807) is 13.3 Å². The van der Waals surface area contributed by atoms with Crippen molar-refractivity contribution >= 4 is 11.5 Å². The molecule has 1 atom stereocenters. The van der Waals surface area contributed by atoms with E-state index < -0.39 is 6.10 Å². The van der Waals surface area contributed by atoms with Crippen LogP contribution in [0.5, 0.6) is 5.75 Å². The molecule has 0 fully saturated rings. The second-order valence-corrected chi connectivity index (χ2v) is 4.42. The Morgan fingerprint density at radius 1 is 1.33 bits per heavy atom. The SMILES string of the molecule is COCCOc1ccccc1C(O)c1cnns1. The third-order valence-corrected chi connectivity index (χ3v) is 3.12. The summed E-state index contributed by atoms with van der Waals surface area (Å²) >= 11 is 1.17. The molecule has 0 aliphatic heterocycles. The molecule has 5 nitrogen and oxygen atoms in total. The van der Waals surface area contributed by atoms with E-state index in [1.807, 2.05) is 24.3 Å². The summed E-state index contributed by atoms with van der Waals surface area (Å²) in [7, 11) is 1.62. The maximum atomic E-state index is 10.2. The Morgan fingerprint density at radius 3 is 2.89 bits per heavy atom.